The average molecular weight is 233 g/mol. The van der Waals surface area contributed by atoms with Gasteiger partial charge >= 0.3 is 0 Å². The minimum atomic E-state index is 1.07. The predicted molar refractivity (Wildman–Crippen MR) is 70.0 cm³/mol. The Hall–Kier alpha value is -0.930. The van der Waals surface area contributed by atoms with Gasteiger partial charge in [-0.25, -0.2) is 0 Å². The number of hydrogen-bond donors (Lipinski definition) is 0. The van der Waals surface area contributed by atoms with Crippen LogP contribution in [0.4, 0.5) is 0 Å². The van der Waals surface area contributed by atoms with Gasteiger partial charge in [-0.05, 0) is 22.9 Å². The number of nitrogens with zero attached hydrogens (tertiary/aromatic N) is 1. The molecule has 76 valence electrons. The molecule has 2 heterocycles. The Morgan fingerprint density at radius 2 is 2.13 bits per heavy atom. The van der Waals surface area contributed by atoms with E-state index in [-0.39, 0.29) is 0 Å². The molecule has 0 fully saturated rings. The summed E-state index contributed by atoms with van der Waals surface area (Å²) in [6.07, 6.45) is 0. The van der Waals surface area contributed by atoms with Gasteiger partial charge in [0.15, 0.2) is 0 Å². The van der Waals surface area contributed by atoms with E-state index in [2.05, 4.69) is 47.7 Å². The molecule has 1 aromatic heterocycles. The van der Waals surface area contributed by atoms with Crippen molar-refractivity contribution in [2.24, 2.45) is 0 Å². The standard InChI is InChI=1S/C12H11NS2/c1-13-8-14-7-10(13)12-6-9-4-2-3-5-11(9)15-12/h2-7H,8H2,1H3. The number of fused-ring (bicyclic) bond motifs is 1. The van der Waals surface area contributed by atoms with Crippen molar-refractivity contribution in [1.82, 2.24) is 4.90 Å². The van der Waals surface area contributed by atoms with Crippen LogP contribution < -0.4 is 0 Å². The lowest BCUT2D eigenvalue weighted by Gasteiger charge is -2.12. The van der Waals surface area contributed by atoms with Gasteiger partial charge in [-0.15, -0.1) is 23.1 Å². The molecule has 0 unspecified atom stereocenters. The van der Waals surface area contributed by atoms with Crippen LogP contribution in [0.3, 0.4) is 0 Å². The number of hydrogen-bond acceptors (Lipinski definition) is 3. The molecule has 1 aliphatic heterocycles. The number of rotatable bonds is 1. The number of benzene rings is 1. The van der Waals surface area contributed by atoms with Crippen LogP contribution in [0.15, 0.2) is 35.7 Å². The summed E-state index contributed by atoms with van der Waals surface area (Å²) in [5, 5.41) is 3.61. The Morgan fingerprint density at radius 1 is 1.27 bits per heavy atom. The third-order valence-corrected chi connectivity index (χ3v) is 4.62. The molecule has 0 spiro atoms. The van der Waals surface area contributed by atoms with Crippen molar-refractivity contribution in [2.45, 2.75) is 0 Å². The zero-order valence-electron chi connectivity index (χ0n) is 8.43. The summed E-state index contributed by atoms with van der Waals surface area (Å²) in [4.78, 5) is 3.68. The normalized spacial score (nSPS) is 16.1. The number of thiophene rings is 1. The maximum atomic E-state index is 2.30. The molecule has 1 aromatic carbocycles. The van der Waals surface area contributed by atoms with Crippen molar-refractivity contribution in [3.05, 3.63) is 40.6 Å². The third kappa shape index (κ3) is 1.56. The van der Waals surface area contributed by atoms with E-state index in [0.717, 1.165) is 5.88 Å². The van der Waals surface area contributed by atoms with E-state index in [1.807, 2.05) is 23.1 Å². The molecule has 0 saturated carbocycles. The van der Waals surface area contributed by atoms with Crippen LogP contribution in [0, 0.1) is 0 Å². The third-order valence-electron chi connectivity index (χ3n) is 2.55. The monoisotopic (exact) mass is 233 g/mol. The summed E-state index contributed by atoms with van der Waals surface area (Å²) in [6.45, 7) is 0. The van der Waals surface area contributed by atoms with E-state index >= 15 is 0 Å². The van der Waals surface area contributed by atoms with Gasteiger partial charge in [0, 0.05) is 11.7 Å². The first-order valence-electron chi connectivity index (χ1n) is 4.86. The van der Waals surface area contributed by atoms with Crippen molar-refractivity contribution in [3.63, 3.8) is 0 Å². The Balaban J connectivity index is 2.12. The van der Waals surface area contributed by atoms with Crippen LogP contribution in [-0.2, 0) is 0 Å². The van der Waals surface area contributed by atoms with Gasteiger partial charge in [-0.1, -0.05) is 18.2 Å². The second-order valence-electron chi connectivity index (χ2n) is 3.65. The molecule has 0 aliphatic carbocycles. The van der Waals surface area contributed by atoms with Crippen LogP contribution >= 0.6 is 23.1 Å². The highest BCUT2D eigenvalue weighted by Gasteiger charge is 2.15. The lowest BCUT2D eigenvalue weighted by atomic mass is 10.2. The Morgan fingerprint density at radius 3 is 2.87 bits per heavy atom. The fourth-order valence-electron chi connectivity index (χ4n) is 1.74. The zero-order valence-corrected chi connectivity index (χ0v) is 10.1. The van der Waals surface area contributed by atoms with E-state index in [0.29, 0.717) is 0 Å². The first-order chi connectivity index (χ1) is 7.34. The van der Waals surface area contributed by atoms with Crippen molar-refractivity contribution in [1.29, 1.82) is 0 Å². The second-order valence-corrected chi connectivity index (χ2v) is 5.56. The first kappa shape index (κ1) is 9.31. The van der Waals surface area contributed by atoms with Crippen molar-refractivity contribution in [2.75, 3.05) is 12.9 Å². The fourth-order valence-corrected chi connectivity index (χ4v) is 3.85. The topological polar surface area (TPSA) is 3.24 Å². The molecule has 1 nitrogen and oxygen atoms in total. The van der Waals surface area contributed by atoms with Gasteiger partial charge in [-0.3, -0.25) is 0 Å². The molecule has 0 amide bonds. The summed E-state index contributed by atoms with van der Waals surface area (Å²) in [5.41, 5.74) is 1.36. The number of thioether (sulfide) groups is 1. The molecular formula is C12H11NS2. The molecule has 0 radical (unpaired) electrons. The lowest BCUT2D eigenvalue weighted by Crippen LogP contribution is -2.09. The summed E-state index contributed by atoms with van der Waals surface area (Å²) < 4.78 is 1.37. The van der Waals surface area contributed by atoms with E-state index in [1.165, 1.54) is 20.7 Å². The molecule has 0 bridgehead atoms. The van der Waals surface area contributed by atoms with Gasteiger partial charge in [0.2, 0.25) is 0 Å². The predicted octanol–water partition coefficient (Wildman–Crippen LogP) is 3.84. The van der Waals surface area contributed by atoms with Gasteiger partial charge in [-0.2, -0.15) is 0 Å². The van der Waals surface area contributed by atoms with Gasteiger partial charge in [0.25, 0.3) is 0 Å². The van der Waals surface area contributed by atoms with Crippen molar-refractivity contribution < 1.29 is 0 Å². The molecule has 0 atom stereocenters. The van der Waals surface area contributed by atoms with Crippen LogP contribution in [-0.4, -0.2) is 17.8 Å². The van der Waals surface area contributed by atoms with E-state index < -0.39 is 0 Å². The SMILES string of the molecule is CN1CSC=C1c1cc2ccccc2s1. The van der Waals surface area contributed by atoms with Gasteiger partial charge < -0.3 is 4.90 Å². The smallest absolute Gasteiger partial charge is 0.0678 e. The highest BCUT2D eigenvalue weighted by atomic mass is 32.2. The molecule has 2 aromatic rings. The Bertz CT molecular complexity index is 494. The minimum Gasteiger partial charge on any atom is -0.363 e. The van der Waals surface area contributed by atoms with Gasteiger partial charge in [0.1, 0.15) is 0 Å². The van der Waals surface area contributed by atoms with E-state index in [1.54, 1.807) is 0 Å². The second kappa shape index (κ2) is 3.58. The minimum absolute atomic E-state index is 1.07. The highest BCUT2D eigenvalue weighted by Crippen LogP contribution is 2.36. The summed E-state index contributed by atoms with van der Waals surface area (Å²) >= 11 is 3.74. The van der Waals surface area contributed by atoms with E-state index in [4.69, 9.17) is 0 Å². The zero-order chi connectivity index (χ0) is 10.3. The Kier molecular flexibility index (Phi) is 2.22. The molecule has 3 rings (SSSR count). The maximum absolute atomic E-state index is 2.30. The Labute approximate surface area is 97.4 Å². The highest BCUT2D eigenvalue weighted by molar-refractivity contribution is 8.02. The summed E-state index contributed by atoms with van der Waals surface area (Å²) in [5.74, 6) is 1.07. The summed E-state index contributed by atoms with van der Waals surface area (Å²) in [6, 6.07) is 10.8. The van der Waals surface area contributed by atoms with Crippen LogP contribution in [0.25, 0.3) is 15.8 Å². The van der Waals surface area contributed by atoms with Gasteiger partial charge in [0.05, 0.1) is 16.5 Å². The molecule has 1 aliphatic rings. The van der Waals surface area contributed by atoms with E-state index in [9.17, 15) is 0 Å². The molecule has 0 N–H and O–H groups in total. The molecule has 15 heavy (non-hydrogen) atoms. The molecular weight excluding hydrogens is 222 g/mol. The van der Waals surface area contributed by atoms with Crippen LogP contribution in [0.1, 0.15) is 4.88 Å². The quantitative estimate of drug-likeness (QED) is 0.736. The molecule has 0 saturated heterocycles. The van der Waals surface area contributed by atoms with Crippen LogP contribution in [0.2, 0.25) is 0 Å². The summed E-state index contributed by atoms with van der Waals surface area (Å²) in [7, 11) is 2.15. The largest absolute Gasteiger partial charge is 0.363 e. The lowest BCUT2D eigenvalue weighted by molar-refractivity contribution is 0.580. The van der Waals surface area contributed by atoms with Crippen molar-refractivity contribution in [3.8, 4) is 0 Å². The van der Waals surface area contributed by atoms with Crippen molar-refractivity contribution >= 4 is 38.9 Å². The maximum Gasteiger partial charge on any atom is 0.0678 e. The average Bonchev–Trinajstić information content (AvgIpc) is 2.82. The van der Waals surface area contributed by atoms with Crippen LogP contribution in [0.5, 0.6) is 0 Å². The fraction of sp³-hybridized carbons (Fsp3) is 0.167. The first-order valence-corrected chi connectivity index (χ1v) is 6.73. The molecule has 3 heteroatoms.